The van der Waals surface area contributed by atoms with Crippen molar-refractivity contribution in [2.75, 3.05) is 0 Å². The third kappa shape index (κ3) is 2.56. The van der Waals surface area contributed by atoms with E-state index in [2.05, 4.69) is 12.6 Å². The molecule has 7 heteroatoms. The van der Waals surface area contributed by atoms with E-state index in [0.717, 1.165) is 0 Å². The van der Waals surface area contributed by atoms with E-state index in [-0.39, 0.29) is 36.0 Å². The molecular weight excluding hydrogens is 398 g/mol. The van der Waals surface area contributed by atoms with Gasteiger partial charge in [-0.15, -0.1) is 12.6 Å². The van der Waals surface area contributed by atoms with Gasteiger partial charge in [0.1, 0.15) is 12.3 Å². The Morgan fingerprint density at radius 3 is 2.59 bits per heavy atom. The van der Waals surface area contributed by atoms with Crippen molar-refractivity contribution in [3.05, 3.63) is 23.8 Å². The molecule has 3 fully saturated rings. The molecule has 3 saturated carbocycles. The number of fused-ring (bicyclic) bond motifs is 5. The highest BCUT2D eigenvalue weighted by molar-refractivity contribution is 7.96. The number of allylic oxidation sites excluding steroid dienone is 4. The van der Waals surface area contributed by atoms with Crippen LogP contribution < -0.4 is 0 Å². The Morgan fingerprint density at radius 2 is 1.97 bits per heavy atom. The van der Waals surface area contributed by atoms with Crippen molar-refractivity contribution in [3.8, 4) is 0 Å². The Bertz CT molecular complexity index is 828. The van der Waals surface area contributed by atoms with Gasteiger partial charge in [0.2, 0.25) is 5.12 Å². The van der Waals surface area contributed by atoms with Crippen LogP contribution >= 0.6 is 12.6 Å². The number of aliphatic hydroxyl groups excluding tert-OH is 2. The summed E-state index contributed by atoms with van der Waals surface area (Å²) in [6, 6.07) is 0. The molecule has 0 bridgehead atoms. The number of hydrogen-bond acceptors (Lipinski definition) is 4. The fraction of sp³-hybridized carbons (Fsp3) is 0.727. The maximum Gasteiger partial charge on any atom is 0.214 e. The molecule has 160 valence electrons. The lowest BCUT2D eigenvalue weighted by molar-refractivity contribution is -0.206. The van der Waals surface area contributed by atoms with Gasteiger partial charge in [-0.1, -0.05) is 19.9 Å². The minimum absolute atomic E-state index is 0.0550. The summed E-state index contributed by atoms with van der Waals surface area (Å²) in [6.07, 6.45) is 0.0940. The van der Waals surface area contributed by atoms with E-state index >= 15 is 8.78 Å². The van der Waals surface area contributed by atoms with Crippen molar-refractivity contribution >= 4 is 23.5 Å². The Balaban J connectivity index is 1.82. The summed E-state index contributed by atoms with van der Waals surface area (Å²) < 4.78 is 32.1. The molecule has 4 aliphatic rings. The third-order valence-electron chi connectivity index (χ3n) is 8.66. The Labute approximate surface area is 174 Å². The van der Waals surface area contributed by atoms with Crippen molar-refractivity contribution in [2.24, 2.45) is 34.5 Å². The van der Waals surface area contributed by atoms with E-state index in [1.54, 1.807) is 6.92 Å². The summed E-state index contributed by atoms with van der Waals surface area (Å²) in [6.45, 7) is 5.34. The summed E-state index contributed by atoms with van der Waals surface area (Å²) in [5.41, 5.74) is -4.17. The molecule has 0 amide bonds. The van der Waals surface area contributed by atoms with Gasteiger partial charge in [0.15, 0.2) is 11.5 Å². The lowest BCUT2D eigenvalue weighted by Crippen LogP contribution is -2.68. The maximum absolute atomic E-state index is 16.9. The first-order valence-electron chi connectivity index (χ1n) is 10.2. The molecule has 0 saturated heterocycles. The topological polar surface area (TPSA) is 74.6 Å². The Kier molecular flexibility index (Phi) is 4.73. The Hall–Kier alpha value is -1.05. The van der Waals surface area contributed by atoms with E-state index in [0.29, 0.717) is 6.42 Å². The van der Waals surface area contributed by atoms with Crippen LogP contribution in [0.2, 0.25) is 0 Å². The second-order valence-electron chi connectivity index (χ2n) is 9.97. The second-order valence-corrected chi connectivity index (χ2v) is 10.4. The standard InChI is InChI=1S/C22H28F2O4S/c1-10-6-12-13-8-15(23)14-7-11(25)4-5-21(14,3)22(13,24)16(26)9-20(12,2)17(10)18(27)19(28)29/h4-5,7,10,12-13,15-18,26-27H,6,8-9H2,1-3H3,(H,28,29)/t10-,12?,13?,15+,16+,17?,18?,20?,21?,22+/m1/s1. The highest BCUT2D eigenvalue weighted by Crippen LogP contribution is 2.70. The zero-order valence-corrected chi connectivity index (χ0v) is 17.7. The van der Waals surface area contributed by atoms with E-state index in [9.17, 15) is 19.8 Å². The molecule has 0 aliphatic heterocycles. The summed E-state index contributed by atoms with van der Waals surface area (Å²) in [5.74, 6) is -2.05. The van der Waals surface area contributed by atoms with E-state index in [1.165, 1.54) is 18.2 Å². The largest absolute Gasteiger partial charge is 0.390 e. The SMILES string of the molecule is C[C@@H]1CC2C3C[C@H](F)C4=CC(=O)C=CC4(C)[C@@]3(F)[C@@H](O)CC2(C)C1C(O)C(=O)S. The summed E-state index contributed by atoms with van der Waals surface area (Å²) in [4.78, 5) is 23.6. The van der Waals surface area contributed by atoms with Crippen LogP contribution in [0.4, 0.5) is 8.78 Å². The molecule has 0 radical (unpaired) electrons. The van der Waals surface area contributed by atoms with Gasteiger partial charge in [-0.2, -0.15) is 0 Å². The predicted octanol–water partition coefficient (Wildman–Crippen LogP) is 2.98. The fourth-order valence-electron chi connectivity index (χ4n) is 7.43. The molecular formula is C22H28F2O4S. The summed E-state index contributed by atoms with van der Waals surface area (Å²) in [7, 11) is 0. The molecule has 0 aromatic rings. The van der Waals surface area contributed by atoms with Gasteiger partial charge in [-0.3, -0.25) is 9.59 Å². The van der Waals surface area contributed by atoms with Crippen molar-refractivity contribution < 1.29 is 28.6 Å². The second kappa shape index (κ2) is 6.47. The molecule has 0 aromatic heterocycles. The number of thiol groups is 1. The molecule has 4 rings (SSSR count). The van der Waals surface area contributed by atoms with Crippen LogP contribution in [0.5, 0.6) is 0 Å². The van der Waals surface area contributed by atoms with E-state index in [4.69, 9.17) is 0 Å². The lowest BCUT2D eigenvalue weighted by atomic mass is 9.44. The highest BCUT2D eigenvalue weighted by atomic mass is 32.1. The van der Waals surface area contributed by atoms with Gasteiger partial charge < -0.3 is 10.2 Å². The van der Waals surface area contributed by atoms with Gasteiger partial charge in [0, 0.05) is 17.3 Å². The number of carbonyl (C=O) groups is 2. The maximum atomic E-state index is 16.9. The normalized spacial score (nSPS) is 52.3. The van der Waals surface area contributed by atoms with Crippen LogP contribution in [-0.4, -0.2) is 45.2 Å². The average molecular weight is 427 g/mol. The molecule has 10 atom stereocenters. The smallest absolute Gasteiger partial charge is 0.214 e. The summed E-state index contributed by atoms with van der Waals surface area (Å²) >= 11 is 3.80. The van der Waals surface area contributed by atoms with Gasteiger partial charge in [-0.25, -0.2) is 8.78 Å². The lowest BCUT2D eigenvalue weighted by Gasteiger charge is -2.62. The van der Waals surface area contributed by atoms with Crippen LogP contribution in [0, 0.1) is 34.5 Å². The van der Waals surface area contributed by atoms with E-state index in [1.807, 2.05) is 13.8 Å². The van der Waals surface area contributed by atoms with Gasteiger partial charge >= 0.3 is 0 Å². The number of hydrogen-bond donors (Lipinski definition) is 3. The number of alkyl halides is 2. The number of ketones is 1. The molecule has 29 heavy (non-hydrogen) atoms. The predicted molar refractivity (Wildman–Crippen MR) is 107 cm³/mol. The first-order valence-corrected chi connectivity index (χ1v) is 10.7. The van der Waals surface area contributed by atoms with E-state index < -0.39 is 51.8 Å². The van der Waals surface area contributed by atoms with Gasteiger partial charge in [-0.05, 0) is 61.2 Å². The van der Waals surface area contributed by atoms with Crippen LogP contribution in [0.25, 0.3) is 0 Å². The number of halogens is 2. The molecule has 0 aromatic carbocycles. The van der Waals surface area contributed by atoms with Gasteiger partial charge in [0.05, 0.1) is 6.10 Å². The first-order chi connectivity index (χ1) is 13.4. The Morgan fingerprint density at radius 1 is 1.31 bits per heavy atom. The molecule has 0 spiro atoms. The number of aliphatic hydroxyl groups is 2. The van der Waals surface area contributed by atoms with Crippen LogP contribution in [0.3, 0.4) is 0 Å². The van der Waals surface area contributed by atoms with Gasteiger partial charge in [0.25, 0.3) is 0 Å². The third-order valence-corrected chi connectivity index (χ3v) is 8.92. The molecule has 4 nitrogen and oxygen atoms in total. The zero-order valence-electron chi connectivity index (χ0n) is 16.8. The molecule has 4 aliphatic carbocycles. The summed E-state index contributed by atoms with van der Waals surface area (Å²) in [5, 5.41) is 21.0. The average Bonchev–Trinajstić information content (AvgIpc) is 2.89. The minimum atomic E-state index is -2.13. The zero-order chi connectivity index (χ0) is 21.5. The molecule has 0 heterocycles. The number of rotatable bonds is 2. The molecule has 2 N–H and O–H groups in total. The minimum Gasteiger partial charge on any atom is -0.390 e. The first kappa shape index (κ1) is 21.2. The quantitative estimate of drug-likeness (QED) is 0.594. The van der Waals surface area contributed by atoms with Crippen LogP contribution in [-0.2, 0) is 9.59 Å². The van der Waals surface area contributed by atoms with Crippen molar-refractivity contribution in [1.82, 2.24) is 0 Å². The van der Waals surface area contributed by atoms with Crippen molar-refractivity contribution in [2.45, 2.75) is 64.1 Å². The van der Waals surface area contributed by atoms with Crippen molar-refractivity contribution in [3.63, 3.8) is 0 Å². The van der Waals surface area contributed by atoms with Crippen LogP contribution in [0.15, 0.2) is 23.8 Å². The number of carbonyl (C=O) groups excluding carboxylic acids is 2. The van der Waals surface area contributed by atoms with Crippen molar-refractivity contribution in [1.29, 1.82) is 0 Å². The van der Waals surface area contributed by atoms with Crippen LogP contribution in [0.1, 0.15) is 40.0 Å². The monoisotopic (exact) mass is 426 g/mol. The highest BCUT2D eigenvalue weighted by Gasteiger charge is 2.73. The fourth-order valence-corrected chi connectivity index (χ4v) is 7.59. The molecule has 6 unspecified atom stereocenters.